The third-order valence-electron chi connectivity index (χ3n) is 5.03. The lowest BCUT2D eigenvalue weighted by atomic mass is 10.1. The van der Waals surface area contributed by atoms with Gasteiger partial charge in [0.15, 0.2) is 5.65 Å². The molecule has 7 nitrogen and oxygen atoms in total. The van der Waals surface area contributed by atoms with Gasteiger partial charge in [0.25, 0.3) is 0 Å². The lowest BCUT2D eigenvalue weighted by Gasteiger charge is -2.26. The molecule has 2 aromatic heterocycles. The Bertz CT molecular complexity index is 1020. The van der Waals surface area contributed by atoms with Crippen LogP contribution >= 0.6 is 0 Å². The van der Waals surface area contributed by atoms with Crippen molar-refractivity contribution >= 4 is 28.7 Å². The highest BCUT2D eigenvalue weighted by molar-refractivity contribution is 5.76. The maximum atomic E-state index is 14.6. The van der Waals surface area contributed by atoms with E-state index in [1.807, 2.05) is 6.07 Å². The van der Waals surface area contributed by atoms with Crippen molar-refractivity contribution < 1.29 is 4.39 Å². The Morgan fingerprint density at radius 2 is 1.93 bits per heavy atom. The van der Waals surface area contributed by atoms with E-state index in [1.54, 1.807) is 25.3 Å². The fraction of sp³-hybridized carbons (Fsp3) is 0.476. The van der Waals surface area contributed by atoms with E-state index < -0.39 is 0 Å². The first-order valence-electron chi connectivity index (χ1n) is 10.1. The molecule has 0 unspecified atom stereocenters. The number of aryl methyl sites for hydroxylation is 1. The number of anilines is 3. The minimum Gasteiger partial charge on any atom is -0.350 e. The first-order chi connectivity index (χ1) is 13.8. The second-order valence-corrected chi connectivity index (χ2v) is 8.63. The summed E-state index contributed by atoms with van der Waals surface area (Å²) < 4.78 is 16.7. The van der Waals surface area contributed by atoms with E-state index in [9.17, 15) is 4.39 Å². The highest BCUT2D eigenvalue weighted by Gasteiger charge is 2.24. The lowest BCUT2D eigenvalue weighted by Crippen LogP contribution is -2.30. The largest absolute Gasteiger partial charge is 0.350 e. The van der Waals surface area contributed by atoms with Crippen molar-refractivity contribution in [1.82, 2.24) is 24.8 Å². The Kier molecular flexibility index (Phi) is 5.12. The summed E-state index contributed by atoms with van der Waals surface area (Å²) in [6.07, 6.45) is 3.65. The summed E-state index contributed by atoms with van der Waals surface area (Å²) in [6, 6.07) is 5.55. The number of rotatable bonds is 4. The fourth-order valence-electron chi connectivity index (χ4n) is 3.65. The van der Waals surface area contributed by atoms with Crippen LogP contribution in [0.15, 0.2) is 24.4 Å². The predicted molar refractivity (Wildman–Crippen MR) is 114 cm³/mol. The molecule has 1 aliphatic heterocycles. The molecule has 0 atom stereocenters. The van der Waals surface area contributed by atoms with Crippen LogP contribution < -0.4 is 16.0 Å². The van der Waals surface area contributed by atoms with E-state index in [0.29, 0.717) is 28.7 Å². The number of hydrogen-bond donors (Lipinski definition) is 3. The molecule has 0 aliphatic carbocycles. The number of piperidine rings is 1. The molecular formula is C21H28FN7. The van der Waals surface area contributed by atoms with Gasteiger partial charge in [-0.15, -0.1) is 0 Å². The van der Waals surface area contributed by atoms with E-state index in [-0.39, 0.29) is 17.4 Å². The highest BCUT2D eigenvalue weighted by Crippen LogP contribution is 2.31. The third-order valence-corrected chi connectivity index (χ3v) is 5.03. The van der Waals surface area contributed by atoms with Gasteiger partial charge >= 0.3 is 0 Å². The summed E-state index contributed by atoms with van der Waals surface area (Å²) >= 11 is 0. The molecule has 154 valence electrons. The zero-order valence-corrected chi connectivity index (χ0v) is 17.4. The summed E-state index contributed by atoms with van der Waals surface area (Å²) in [5.41, 5.74) is 2.30. The molecule has 29 heavy (non-hydrogen) atoms. The number of benzene rings is 1. The fourth-order valence-corrected chi connectivity index (χ4v) is 3.65. The molecule has 1 saturated heterocycles. The number of aromatic nitrogens is 4. The molecule has 0 amide bonds. The number of nitrogens with one attached hydrogen (secondary N) is 3. The Hall–Kier alpha value is -2.74. The van der Waals surface area contributed by atoms with Gasteiger partial charge < -0.3 is 16.0 Å². The number of nitrogens with zero attached hydrogens (tertiary/aromatic N) is 4. The van der Waals surface area contributed by atoms with Crippen LogP contribution in [0.3, 0.4) is 0 Å². The topological polar surface area (TPSA) is 79.7 Å². The summed E-state index contributed by atoms with van der Waals surface area (Å²) in [5.74, 6) is 0.893. The van der Waals surface area contributed by atoms with Crippen LogP contribution in [0.4, 0.5) is 22.0 Å². The molecule has 3 aromatic rings. The monoisotopic (exact) mass is 397 g/mol. The van der Waals surface area contributed by atoms with E-state index in [2.05, 4.69) is 46.3 Å². The molecule has 8 heteroatoms. The van der Waals surface area contributed by atoms with Gasteiger partial charge in [-0.05, 0) is 65.3 Å². The van der Waals surface area contributed by atoms with Crippen molar-refractivity contribution in [2.45, 2.75) is 52.1 Å². The zero-order chi connectivity index (χ0) is 20.6. The molecule has 1 aliphatic rings. The SMILES string of the molecule is Cc1cccc(Nc2nc3cnc(NC(C)(C)C)nc3n2C2CCNCC2)c1F. The molecule has 1 fully saturated rings. The summed E-state index contributed by atoms with van der Waals surface area (Å²) in [6.45, 7) is 9.82. The number of imidazole rings is 1. The van der Waals surface area contributed by atoms with Crippen LogP contribution in [0, 0.1) is 12.7 Å². The maximum absolute atomic E-state index is 14.6. The van der Waals surface area contributed by atoms with Gasteiger partial charge in [-0.3, -0.25) is 4.57 Å². The predicted octanol–water partition coefficient (Wildman–Crippen LogP) is 4.15. The zero-order valence-electron chi connectivity index (χ0n) is 17.4. The Morgan fingerprint density at radius 1 is 1.17 bits per heavy atom. The number of hydrogen-bond acceptors (Lipinski definition) is 6. The summed E-state index contributed by atoms with van der Waals surface area (Å²) in [5, 5.41) is 9.92. The molecule has 3 N–H and O–H groups in total. The van der Waals surface area contributed by atoms with Gasteiger partial charge in [-0.2, -0.15) is 4.98 Å². The van der Waals surface area contributed by atoms with Crippen molar-refractivity contribution in [3.05, 3.63) is 35.8 Å². The second kappa shape index (κ2) is 7.59. The normalized spacial score (nSPS) is 15.6. The maximum Gasteiger partial charge on any atom is 0.225 e. The molecule has 0 saturated carbocycles. The van der Waals surface area contributed by atoms with Crippen LogP contribution in [-0.2, 0) is 0 Å². The Labute approximate surface area is 170 Å². The van der Waals surface area contributed by atoms with Gasteiger partial charge in [-0.1, -0.05) is 12.1 Å². The van der Waals surface area contributed by atoms with Crippen LogP contribution in [0.25, 0.3) is 11.2 Å². The van der Waals surface area contributed by atoms with Crippen LogP contribution in [0.2, 0.25) is 0 Å². The third kappa shape index (κ3) is 4.17. The van der Waals surface area contributed by atoms with Gasteiger partial charge in [0, 0.05) is 11.6 Å². The van der Waals surface area contributed by atoms with E-state index >= 15 is 0 Å². The van der Waals surface area contributed by atoms with E-state index in [0.717, 1.165) is 31.6 Å². The molecular weight excluding hydrogens is 369 g/mol. The molecule has 3 heterocycles. The first-order valence-corrected chi connectivity index (χ1v) is 10.1. The van der Waals surface area contributed by atoms with Gasteiger partial charge in [-0.25, -0.2) is 14.4 Å². The first kappa shape index (κ1) is 19.6. The molecule has 0 radical (unpaired) electrons. The van der Waals surface area contributed by atoms with Crippen molar-refractivity contribution in [3.8, 4) is 0 Å². The van der Waals surface area contributed by atoms with Gasteiger partial charge in [0.2, 0.25) is 11.9 Å². The van der Waals surface area contributed by atoms with Crippen molar-refractivity contribution in [3.63, 3.8) is 0 Å². The Balaban J connectivity index is 1.80. The van der Waals surface area contributed by atoms with Crippen molar-refractivity contribution in [2.24, 2.45) is 0 Å². The number of halogens is 1. The van der Waals surface area contributed by atoms with Gasteiger partial charge in [0.1, 0.15) is 11.3 Å². The van der Waals surface area contributed by atoms with Gasteiger partial charge in [0.05, 0.1) is 11.9 Å². The lowest BCUT2D eigenvalue weighted by molar-refractivity contribution is 0.376. The smallest absolute Gasteiger partial charge is 0.225 e. The van der Waals surface area contributed by atoms with Crippen LogP contribution in [0.1, 0.15) is 45.2 Å². The summed E-state index contributed by atoms with van der Waals surface area (Å²) in [4.78, 5) is 13.9. The minimum absolute atomic E-state index is 0.154. The molecule has 0 bridgehead atoms. The minimum atomic E-state index is -0.266. The standard InChI is InChI=1S/C21H28FN7/c1-13-6-5-7-15(17(13)22)25-20-26-16-12-24-19(28-21(2,3)4)27-18(16)29(20)14-8-10-23-11-9-14/h5-7,12,14,23H,8-11H2,1-4H3,(H,25,26)(H,24,27,28). The van der Waals surface area contributed by atoms with E-state index in [1.165, 1.54) is 0 Å². The average molecular weight is 398 g/mol. The van der Waals surface area contributed by atoms with Crippen molar-refractivity contribution in [2.75, 3.05) is 23.7 Å². The molecule has 1 aromatic carbocycles. The number of fused-ring (bicyclic) bond motifs is 1. The summed E-state index contributed by atoms with van der Waals surface area (Å²) in [7, 11) is 0. The quantitative estimate of drug-likeness (QED) is 0.614. The van der Waals surface area contributed by atoms with E-state index in [4.69, 9.17) is 9.97 Å². The Morgan fingerprint density at radius 3 is 2.66 bits per heavy atom. The second-order valence-electron chi connectivity index (χ2n) is 8.63. The molecule has 4 rings (SSSR count). The highest BCUT2D eigenvalue weighted by atomic mass is 19.1. The van der Waals surface area contributed by atoms with Crippen LogP contribution in [-0.4, -0.2) is 38.1 Å². The average Bonchev–Trinajstić information content (AvgIpc) is 3.02. The van der Waals surface area contributed by atoms with Crippen molar-refractivity contribution in [1.29, 1.82) is 0 Å². The van der Waals surface area contributed by atoms with Crippen LogP contribution in [0.5, 0.6) is 0 Å². The molecule has 0 spiro atoms.